The Balaban J connectivity index is 2.65. The molecule has 0 saturated heterocycles. The maximum Gasteiger partial charge on any atom is 0.221 e. The summed E-state index contributed by atoms with van der Waals surface area (Å²) in [5.41, 5.74) is 6.17. The molecule has 0 aliphatic carbocycles. The first-order valence-electron chi connectivity index (χ1n) is 4.51. The lowest BCUT2D eigenvalue weighted by Gasteiger charge is -2.11. The van der Waals surface area contributed by atoms with Crippen molar-refractivity contribution in [1.29, 1.82) is 0 Å². The van der Waals surface area contributed by atoms with Gasteiger partial charge in [-0.05, 0) is 13.8 Å². The molecule has 0 aliphatic rings. The van der Waals surface area contributed by atoms with Crippen LogP contribution in [0.25, 0.3) is 0 Å². The van der Waals surface area contributed by atoms with Crippen molar-refractivity contribution in [3.05, 3.63) is 16.1 Å². The molecule has 16 heavy (non-hydrogen) atoms. The largest absolute Gasteiger partial charge is 0.392 e. The first-order chi connectivity index (χ1) is 7.33. The van der Waals surface area contributed by atoms with Gasteiger partial charge in [-0.2, -0.15) is 0 Å². The molecule has 90 valence electrons. The van der Waals surface area contributed by atoms with Crippen LogP contribution in [0.2, 0.25) is 0 Å². The molecular formula is C8H13N3O2S3. The molecule has 0 bridgehead atoms. The van der Waals surface area contributed by atoms with E-state index >= 15 is 0 Å². The second-order valence-electron chi connectivity index (χ2n) is 3.29. The zero-order valence-electron chi connectivity index (χ0n) is 8.93. The van der Waals surface area contributed by atoms with E-state index in [2.05, 4.69) is 21.9 Å². The summed E-state index contributed by atoms with van der Waals surface area (Å²) >= 11 is 6.06. The van der Waals surface area contributed by atoms with Crippen LogP contribution in [0.15, 0.2) is 5.38 Å². The summed E-state index contributed by atoms with van der Waals surface area (Å²) in [5.74, 6) is 0. The summed E-state index contributed by atoms with van der Waals surface area (Å²) in [6.07, 6.45) is 0. The fraction of sp³-hybridized carbons (Fsp3) is 0.500. The number of nitrogens with two attached hydrogens (primary N) is 1. The molecule has 1 rings (SSSR count). The summed E-state index contributed by atoms with van der Waals surface area (Å²) < 4.78 is 25.7. The molecule has 1 aromatic rings. The number of rotatable bonds is 5. The van der Waals surface area contributed by atoms with Gasteiger partial charge in [0, 0.05) is 11.1 Å². The molecule has 5 nitrogen and oxygen atoms in total. The van der Waals surface area contributed by atoms with Crippen LogP contribution in [0.4, 0.5) is 0 Å². The third-order valence-corrected chi connectivity index (χ3v) is 5.16. The molecule has 0 amide bonds. The van der Waals surface area contributed by atoms with E-state index in [1.165, 1.54) is 18.3 Å². The highest BCUT2D eigenvalue weighted by Crippen LogP contribution is 2.09. The SMILES string of the molecule is Cc1csc(CNS(=O)(=O)C(C)C(N)=S)n1. The van der Waals surface area contributed by atoms with Gasteiger partial charge in [0.15, 0.2) is 0 Å². The second-order valence-corrected chi connectivity index (χ2v) is 6.79. The van der Waals surface area contributed by atoms with Crippen LogP contribution in [0.3, 0.4) is 0 Å². The van der Waals surface area contributed by atoms with Gasteiger partial charge < -0.3 is 5.73 Å². The molecule has 0 radical (unpaired) electrons. The van der Waals surface area contributed by atoms with Crippen LogP contribution >= 0.6 is 23.6 Å². The lowest BCUT2D eigenvalue weighted by molar-refractivity contribution is 0.578. The van der Waals surface area contributed by atoms with E-state index < -0.39 is 15.3 Å². The van der Waals surface area contributed by atoms with Gasteiger partial charge in [0.25, 0.3) is 0 Å². The van der Waals surface area contributed by atoms with E-state index in [0.29, 0.717) is 0 Å². The second kappa shape index (κ2) is 5.17. The van der Waals surface area contributed by atoms with E-state index in [-0.39, 0.29) is 11.5 Å². The van der Waals surface area contributed by atoms with Crippen LogP contribution in [-0.2, 0) is 16.6 Å². The van der Waals surface area contributed by atoms with Gasteiger partial charge in [-0.25, -0.2) is 18.1 Å². The van der Waals surface area contributed by atoms with Gasteiger partial charge in [0.2, 0.25) is 10.0 Å². The average molecular weight is 279 g/mol. The number of aryl methyl sites for hydroxylation is 1. The third kappa shape index (κ3) is 3.48. The van der Waals surface area contributed by atoms with Crippen molar-refractivity contribution in [2.24, 2.45) is 5.73 Å². The van der Waals surface area contributed by atoms with Gasteiger partial charge >= 0.3 is 0 Å². The maximum absolute atomic E-state index is 11.7. The number of aromatic nitrogens is 1. The van der Waals surface area contributed by atoms with E-state index in [1.807, 2.05) is 12.3 Å². The first kappa shape index (κ1) is 13.5. The Bertz CT molecular complexity index is 480. The molecule has 0 fully saturated rings. The van der Waals surface area contributed by atoms with E-state index in [4.69, 9.17) is 5.73 Å². The van der Waals surface area contributed by atoms with Crippen LogP contribution in [0.1, 0.15) is 17.6 Å². The molecule has 1 unspecified atom stereocenters. The highest BCUT2D eigenvalue weighted by Gasteiger charge is 2.22. The van der Waals surface area contributed by atoms with Crippen LogP contribution < -0.4 is 10.5 Å². The topological polar surface area (TPSA) is 85.1 Å². The van der Waals surface area contributed by atoms with E-state index in [0.717, 1.165) is 10.7 Å². The minimum Gasteiger partial charge on any atom is -0.392 e. The molecule has 0 aromatic carbocycles. The first-order valence-corrected chi connectivity index (χ1v) is 7.35. The number of thiazole rings is 1. The van der Waals surface area contributed by atoms with Crippen molar-refractivity contribution in [3.8, 4) is 0 Å². The van der Waals surface area contributed by atoms with Crippen LogP contribution in [0, 0.1) is 6.92 Å². The number of thiocarbonyl (C=S) groups is 1. The van der Waals surface area contributed by atoms with Crippen molar-refractivity contribution in [2.75, 3.05) is 0 Å². The normalized spacial score (nSPS) is 13.6. The molecule has 1 heterocycles. The van der Waals surface area contributed by atoms with Crippen LogP contribution in [0.5, 0.6) is 0 Å². The molecule has 8 heteroatoms. The summed E-state index contributed by atoms with van der Waals surface area (Å²) in [6.45, 7) is 3.48. The van der Waals surface area contributed by atoms with Crippen molar-refractivity contribution < 1.29 is 8.42 Å². The standard InChI is InChI=1S/C8H13N3O2S3/c1-5-4-15-7(11-5)3-10-16(12,13)6(2)8(9)14/h4,6,10H,3H2,1-2H3,(H2,9,14). The van der Waals surface area contributed by atoms with Crippen LogP contribution in [-0.4, -0.2) is 23.6 Å². The molecule has 0 spiro atoms. The van der Waals surface area contributed by atoms with Gasteiger partial charge in [-0.3, -0.25) is 0 Å². The summed E-state index contributed by atoms with van der Waals surface area (Å²) in [5, 5.41) is 1.71. The Labute approximate surface area is 104 Å². The minimum atomic E-state index is -3.50. The van der Waals surface area contributed by atoms with Crippen molar-refractivity contribution in [1.82, 2.24) is 9.71 Å². The number of sulfonamides is 1. The fourth-order valence-corrected chi connectivity index (χ4v) is 3.00. The molecule has 3 N–H and O–H groups in total. The summed E-state index contributed by atoms with van der Waals surface area (Å²) in [7, 11) is -3.50. The Hall–Kier alpha value is -0.570. The number of nitrogens with zero attached hydrogens (tertiary/aromatic N) is 1. The maximum atomic E-state index is 11.7. The Kier molecular flexibility index (Phi) is 4.36. The van der Waals surface area contributed by atoms with Crippen molar-refractivity contribution in [3.63, 3.8) is 0 Å². The number of hydrogen-bond acceptors (Lipinski definition) is 5. The lowest BCUT2D eigenvalue weighted by Crippen LogP contribution is -2.39. The van der Waals surface area contributed by atoms with E-state index in [1.54, 1.807) is 0 Å². The quantitative estimate of drug-likeness (QED) is 0.769. The van der Waals surface area contributed by atoms with Gasteiger partial charge in [-0.15, -0.1) is 11.3 Å². The molecule has 1 aromatic heterocycles. The highest BCUT2D eigenvalue weighted by molar-refractivity contribution is 7.93. The Morgan fingerprint density at radius 3 is 2.81 bits per heavy atom. The van der Waals surface area contributed by atoms with Crippen molar-refractivity contribution >= 4 is 38.6 Å². The molecule has 0 aliphatic heterocycles. The Morgan fingerprint density at radius 2 is 2.38 bits per heavy atom. The van der Waals surface area contributed by atoms with Crippen molar-refractivity contribution in [2.45, 2.75) is 25.6 Å². The molecule has 1 atom stereocenters. The summed E-state index contributed by atoms with van der Waals surface area (Å²) in [6, 6.07) is 0. The van der Waals surface area contributed by atoms with Gasteiger partial charge in [0.1, 0.15) is 10.3 Å². The predicted octanol–water partition coefficient (Wildman–Crippen LogP) is 0.546. The van der Waals surface area contributed by atoms with Gasteiger partial charge in [-0.1, -0.05) is 12.2 Å². The minimum absolute atomic E-state index is 0.0391. The molecule has 0 saturated carbocycles. The number of nitrogens with one attached hydrogen (secondary N) is 1. The monoisotopic (exact) mass is 279 g/mol. The lowest BCUT2D eigenvalue weighted by atomic mass is 10.5. The third-order valence-electron chi connectivity index (χ3n) is 1.96. The zero-order valence-corrected chi connectivity index (χ0v) is 11.4. The average Bonchev–Trinajstić information content (AvgIpc) is 2.60. The Morgan fingerprint density at radius 1 is 1.75 bits per heavy atom. The zero-order chi connectivity index (χ0) is 12.3. The van der Waals surface area contributed by atoms with E-state index in [9.17, 15) is 8.42 Å². The predicted molar refractivity (Wildman–Crippen MR) is 68.9 cm³/mol. The summed E-state index contributed by atoms with van der Waals surface area (Å²) in [4.78, 5) is 4.11. The molecular weight excluding hydrogens is 266 g/mol. The number of hydrogen-bond donors (Lipinski definition) is 2. The fourth-order valence-electron chi connectivity index (χ4n) is 0.924. The van der Waals surface area contributed by atoms with Gasteiger partial charge in [0.05, 0.1) is 11.5 Å². The smallest absolute Gasteiger partial charge is 0.221 e. The highest BCUT2D eigenvalue weighted by atomic mass is 32.2.